The molecule has 1 aliphatic heterocycles. The van der Waals surface area contributed by atoms with Crippen molar-refractivity contribution in [3.05, 3.63) is 29.5 Å². The first-order valence-electron chi connectivity index (χ1n) is 10.6. The lowest BCUT2D eigenvalue weighted by molar-refractivity contribution is -0.175. The van der Waals surface area contributed by atoms with Gasteiger partial charge < -0.3 is 19.2 Å². The second kappa shape index (κ2) is 5.53. The summed E-state index contributed by atoms with van der Waals surface area (Å²) in [7, 11) is 3.24. The number of methoxy groups -OCH3 is 2. The molecule has 3 saturated carbocycles. The zero-order valence-corrected chi connectivity index (χ0v) is 16.7. The van der Waals surface area contributed by atoms with Gasteiger partial charge in [-0.25, -0.2) is 0 Å². The Morgan fingerprint density at radius 3 is 2.93 bits per heavy atom. The van der Waals surface area contributed by atoms with E-state index in [0.717, 1.165) is 41.6 Å². The molecule has 2 aromatic rings. The predicted molar refractivity (Wildman–Crippen MR) is 104 cm³/mol. The second-order valence-corrected chi connectivity index (χ2v) is 9.17. The minimum atomic E-state index is -0.570. The molecule has 5 aliphatic rings. The molecule has 5 heteroatoms. The summed E-state index contributed by atoms with van der Waals surface area (Å²) in [5.74, 6) is 2.50. The minimum Gasteiger partial charge on any atom is -0.497 e. The number of rotatable bonds is 3. The topological polar surface area (TPSA) is 60.6 Å². The highest BCUT2D eigenvalue weighted by Crippen LogP contribution is 2.68. The highest BCUT2D eigenvalue weighted by atomic mass is 16.5. The average Bonchev–Trinajstić information content (AvgIpc) is 3.31. The molecule has 7 rings (SSSR count). The van der Waals surface area contributed by atoms with Crippen molar-refractivity contribution in [2.24, 2.45) is 23.7 Å². The van der Waals surface area contributed by atoms with Gasteiger partial charge >= 0.3 is 5.97 Å². The normalized spacial score (nSPS) is 39.8. The number of carbonyl (C=O) groups excluding carboxylic acids is 1. The molecule has 1 aromatic carbocycles. The van der Waals surface area contributed by atoms with Crippen molar-refractivity contribution in [1.82, 2.24) is 4.98 Å². The van der Waals surface area contributed by atoms with E-state index in [0.29, 0.717) is 29.8 Å². The fourth-order valence-electron chi connectivity index (χ4n) is 7.46. The molecule has 1 aromatic heterocycles. The Balaban J connectivity index is 1.68. The third kappa shape index (κ3) is 1.80. The van der Waals surface area contributed by atoms with E-state index in [9.17, 15) is 4.79 Å². The molecule has 2 unspecified atom stereocenters. The van der Waals surface area contributed by atoms with Gasteiger partial charge in [0.05, 0.1) is 26.4 Å². The third-order valence-electron chi connectivity index (χ3n) is 8.31. The maximum Gasteiger partial charge on any atom is 0.318 e. The number of hydrogen-bond donors (Lipinski definition) is 1. The van der Waals surface area contributed by atoms with Gasteiger partial charge in [0.2, 0.25) is 0 Å². The summed E-state index contributed by atoms with van der Waals surface area (Å²) >= 11 is 0. The Kier molecular flexibility index (Phi) is 3.34. The summed E-state index contributed by atoms with van der Waals surface area (Å²) in [6.07, 6.45) is 4.48. The maximum absolute atomic E-state index is 13.5. The third-order valence-corrected chi connectivity index (χ3v) is 8.31. The Morgan fingerprint density at radius 2 is 2.18 bits per heavy atom. The molecule has 0 amide bonds. The Hall–Kier alpha value is -2.01. The lowest BCUT2D eigenvalue weighted by Crippen LogP contribution is -2.62. The van der Waals surface area contributed by atoms with Crippen LogP contribution in [-0.2, 0) is 19.7 Å². The lowest BCUT2D eigenvalue weighted by atomic mass is 9.46. The molecular weight excluding hydrogens is 354 g/mol. The van der Waals surface area contributed by atoms with Gasteiger partial charge in [0, 0.05) is 22.2 Å². The number of H-pyrrole nitrogens is 1. The number of carbonyl (C=O) groups is 1. The van der Waals surface area contributed by atoms with E-state index in [4.69, 9.17) is 14.2 Å². The molecule has 4 aliphatic carbocycles. The molecule has 1 N–H and O–H groups in total. The lowest BCUT2D eigenvalue weighted by Gasteiger charge is -2.58. The number of nitrogens with one attached hydrogen (secondary N) is 1. The molecule has 148 valence electrons. The fourth-order valence-corrected chi connectivity index (χ4v) is 7.46. The number of hydrogen-bond acceptors (Lipinski definition) is 4. The smallest absolute Gasteiger partial charge is 0.318 e. The average molecular weight is 381 g/mol. The quantitative estimate of drug-likeness (QED) is 0.813. The van der Waals surface area contributed by atoms with Crippen LogP contribution in [0.15, 0.2) is 18.2 Å². The molecular formula is C23H27NO4. The van der Waals surface area contributed by atoms with Gasteiger partial charge in [-0.15, -0.1) is 0 Å². The van der Waals surface area contributed by atoms with Crippen molar-refractivity contribution >= 4 is 16.9 Å². The van der Waals surface area contributed by atoms with Crippen LogP contribution in [0.2, 0.25) is 0 Å². The Morgan fingerprint density at radius 1 is 1.32 bits per heavy atom. The van der Waals surface area contributed by atoms with Crippen molar-refractivity contribution in [1.29, 1.82) is 0 Å². The molecule has 0 spiro atoms. The summed E-state index contributed by atoms with van der Waals surface area (Å²) < 4.78 is 17.7. The maximum atomic E-state index is 13.5. The van der Waals surface area contributed by atoms with Crippen LogP contribution in [0.5, 0.6) is 5.75 Å². The van der Waals surface area contributed by atoms with Gasteiger partial charge in [-0.05, 0) is 61.1 Å². The van der Waals surface area contributed by atoms with Crippen molar-refractivity contribution in [3.8, 4) is 5.75 Å². The number of aromatic amines is 1. The van der Waals surface area contributed by atoms with E-state index in [2.05, 4.69) is 24.0 Å². The molecule has 1 saturated heterocycles. The molecule has 0 radical (unpaired) electrons. The summed E-state index contributed by atoms with van der Waals surface area (Å²) in [6.45, 7) is 2.27. The molecule has 4 fully saturated rings. The Labute approximate surface area is 164 Å². The SMILES string of the molecule is CC[C@H]1C[C@H]2C[C@@]3(C(=O)OC)c4[nH]c5ccc(OC)cc5c4[C@H]4CC(C2O4)[C@@H]13. The van der Waals surface area contributed by atoms with Crippen LogP contribution in [0.1, 0.15) is 50.0 Å². The minimum absolute atomic E-state index is 0.0540. The Bertz CT molecular complexity index is 980. The first-order valence-corrected chi connectivity index (χ1v) is 10.6. The summed E-state index contributed by atoms with van der Waals surface area (Å²) in [4.78, 5) is 17.1. The second-order valence-electron chi connectivity index (χ2n) is 9.17. The van der Waals surface area contributed by atoms with Crippen LogP contribution in [-0.4, -0.2) is 31.3 Å². The first kappa shape index (κ1) is 16.9. The van der Waals surface area contributed by atoms with Crippen LogP contribution in [0.4, 0.5) is 0 Å². The van der Waals surface area contributed by atoms with Gasteiger partial charge in [0.15, 0.2) is 0 Å². The standard InChI is InChI=1S/C23H27NO4/c1-4-11-7-12-10-23(22(25)27-3)19(11)15-9-17(28-20(12)15)18-14-8-13(26-2)5-6-16(14)24-21(18)23/h5-6,8,11-12,15,17,19-20,24H,4,7,9-10H2,1-3H3/t11-,12-,15?,17+,19+,20?,23-/m0/s1. The molecule has 5 bridgehead atoms. The highest BCUT2D eigenvalue weighted by molar-refractivity contribution is 5.92. The van der Waals surface area contributed by atoms with E-state index in [-0.39, 0.29) is 12.1 Å². The van der Waals surface area contributed by atoms with Gasteiger partial charge in [0.25, 0.3) is 0 Å². The van der Waals surface area contributed by atoms with Gasteiger partial charge in [-0.3, -0.25) is 4.79 Å². The van der Waals surface area contributed by atoms with Gasteiger partial charge in [0.1, 0.15) is 11.2 Å². The van der Waals surface area contributed by atoms with E-state index < -0.39 is 5.41 Å². The van der Waals surface area contributed by atoms with Gasteiger partial charge in [-0.1, -0.05) is 13.3 Å². The molecule has 28 heavy (non-hydrogen) atoms. The van der Waals surface area contributed by atoms with Crippen LogP contribution < -0.4 is 4.74 Å². The van der Waals surface area contributed by atoms with Crippen LogP contribution in [0.25, 0.3) is 10.9 Å². The monoisotopic (exact) mass is 381 g/mol. The van der Waals surface area contributed by atoms with Crippen LogP contribution >= 0.6 is 0 Å². The molecule has 5 nitrogen and oxygen atoms in total. The molecule has 2 heterocycles. The van der Waals surface area contributed by atoms with Crippen molar-refractivity contribution in [2.75, 3.05) is 14.2 Å². The van der Waals surface area contributed by atoms with Crippen molar-refractivity contribution in [3.63, 3.8) is 0 Å². The first-order chi connectivity index (χ1) is 13.6. The largest absolute Gasteiger partial charge is 0.497 e. The van der Waals surface area contributed by atoms with E-state index in [1.807, 2.05) is 6.07 Å². The number of esters is 1. The summed E-state index contributed by atoms with van der Waals surface area (Å²) in [6, 6.07) is 6.11. The number of aromatic nitrogens is 1. The summed E-state index contributed by atoms with van der Waals surface area (Å²) in [5.41, 5.74) is 2.71. The molecule has 7 atom stereocenters. The van der Waals surface area contributed by atoms with E-state index in [1.165, 1.54) is 12.0 Å². The van der Waals surface area contributed by atoms with Gasteiger partial charge in [-0.2, -0.15) is 0 Å². The number of benzene rings is 1. The zero-order chi connectivity index (χ0) is 19.2. The van der Waals surface area contributed by atoms with Crippen molar-refractivity contribution in [2.45, 2.75) is 50.2 Å². The number of ether oxygens (including phenoxy) is 3. The highest BCUT2D eigenvalue weighted by Gasteiger charge is 2.69. The van der Waals surface area contributed by atoms with Crippen LogP contribution in [0, 0.1) is 23.7 Å². The van der Waals surface area contributed by atoms with Crippen molar-refractivity contribution < 1.29 is 19.0 Å². The van der Waals surface area contributed by atoms with E-state index in [1.54, 1.807) is 14.2 Å². The number of fused-ring (bicyclic) bond motifs is 6. The fraction of sp³-hybridized carbons (Fsp3) is 0.609. The summed E-state index contributed by atoms with van der Waals surface area (Å²) in [5, 5.41) is 1.12. The van der Waals surface area contributed by atoms with E-state index >= 15 is 0 Å². The van der Waals surface area contributed by atoms with Crippen LogP contribution in [0.3, 0.4) is 0 Å². The zero-order valence-electron chi connectivity index (χ0n) is 16.7. The predicted octanol–water partition coefficient (Wildman–Crippen LogP) is 4.11.